The molecule has 0 spiro atoms. The molecule has 0 aromatic heterocycles. The summed E-state index contributed by atoms with van der Waals surface area (Å²) >= 11 is 0. The van der Waals surface area contributed by atoms with Crippen LogP contribution in [0.5, 0.6) is 0 Å². The van der Waals surface area contributed by atoms with E-state index in [4.69, 9.17) is 4.74 Å². The second-order valence-corrected chi connectivity index (χ2v) is 5.68. The van der Waals surface area contributed by atoms with E-state index in [2.05, 4.69) is 73.5 Å². The van der Waals surface area contributed by atoms with E-state index in [-0.39, 0.29) is 0 Å². The Labute approximate surface area is 145 Å². The topological polar surface area (TPSA) is 9.23 Å². The van der Waals surface area contributed by atoms with Gasteiger partial charge in [-0.3, -0.25) is 0 Å². The number of hydrogen-bond acceptors (Lipinski definition) is 1. The summed E-state index contributed by atoms with van der Waals surface area (Å²) < 4.78 is 5.46. The fourth-order valence-corrected chi connectivity index (χ4v) is 2.51. The molecule has 0 atom stereocenters. The molecular weight excluding hydrogens is 292 g/mol. The molecule has 0 heterocycles. The Hall–Kier alpha value is -2.56. The minimum atomic E-state index is 0.466. The first-order valence-corrected chi connectivity index (χ1v) is 8.19. The molecule has 2 aromatic rings. The average Bonchev–Trinajstić information content (AvgIpc) is 2.64. The van der Waals surface area contributed by atoms with E-state index in [1.165, 1.54) is 16.7 Å². The van der Waals surface area contributed by atoms with Crippen LogP contribution in [0.1, 0.15) is 25.3 Å². The lowest BCUT2D eigenvalue weighted by Crippen LogP contribution is -1.98. The Bertz CT molecular complexity index is 744. The van der Waals surface area contributed by atoms with Crippen molar-refractivity contribution in [1.82, 2.24) is 0 Å². The van der Waals surface area contributed by atoms with E-state index in [9.17, 15) is 0 Å². The van der Waals surface area contributed by atoms with Crippen LogP contribution in [0.2, 0.25) is 0 Å². The van der Waals surface area contributed by atoms with Crippen LogP contribution in [0.25, 0.3) is 16.7 Å². The molecule has 0 aliphatic heterocycles. The largest absolute Gasteiger partial charge is 0.364 e. The average molecular weight is 316 g/mol. The normalized spacial score (nSPS) is 9.88. The lowest BCUT2D eigenvalue weighted by Gasteiger charge is -2.13. The maximum absolute atomic E-state index is 5.46. The van der Waals surface area contributed by atoms with Gasteiger partial charge in [0, 0.05) is 0 Å². The summed E-state index contributed by atoms with van der Waals surface area (Å²) in [4.78, 5) is 0. The Kier molecular flexibility index (Phi) is 7.08. The van der Waals surface area contributed by atoms with E-state index >= 15 is 0 Å². The van der Waals surface area contributed by atoms with E-state index in [0.717, 1.165) is 24.0 Å². The van der Waals surface area contributed by atoms with Crippen molar-refractivity contribution in [3.63, 3.8) is 0 Å². The molecule has 1 nitrogen and oxygen atoms in total. The van der Waals surface area contributed by atoms with E-state index in [1.54, 1.807) is 0 Å². The van der Waals surface area contributed by atoms with Crippen LogP contribution in [0.15, 0.2) is 73.3 Å². The molecule has 0 aliphatic rings. The highest BCUT2D eigenvalue weighted by atomic mass is 16.5. The zero-order valence-corrected chi connectivity index (χ0v) is 14.3. The number of allylic oxidation sites excluding steroid dienone is 1. The van der Waals surface area contributed by atoms with E-state index < -0.39 is 0 Å². The summed E-state index contributed by atoms with van der Waals surface area (Å²) in [6.45, 7) is 11.2. The van der Waals surface area contributed by atoms with Crippen molar-refractivity contribution in [1.29, 1.82) is 0 Å². The molecule has 0 saturated heterocycles. The SMILES string of the molecule is C=C(CCC(=C)c1ccccc1-c1ccccc1)COCC#CC. The monoisotopic (exact) mass is 316 g/mol. The summed E-state index contributed by atoms with van der Waals surface area (Å²) in [5.41, 5.74) is 5.85. The molecule has 0 saturated carbocycles. The van der Waals surface area contributed by atoms with Crippen molar-refractivity contribution < 1.29 is 4.74 Å². The van der Waals surface area contributed by atoms with E-state index in [0.29, 0.717) is 13.2 Å². The van der Waals surface area contributed by atoms with Gasteiger partial charge in [0.05, 0.1) is 6.61 Å². The Balaban J connectivity index is 1.98. The van der Waals surface area contributed by atoms with Crippen LogP contribution in [0.4, 0.5) is 0 Å². The zero-order chi connectivity index (χ0) is 17.2. The fourth-order valence-electron chi connectivity index (χ4n) is 2.51. The maximum atomic E-state index is 5.46. The number of benzene rings is 2. The molecule has 2 aromatic carbocycles. The van der Waals surface area contributed by atoms with Gasteiger partial charge in [0.15, 0.2) is 0 Å². The summed E-state index contributed by atoms with van der Waals surface area (Å²) in [6, 6.07) is 18.8. The second-order valence-electron chi connectivity index (χ2n) is 5.68. The van der Waals surface area contributed by atoms with Gasteiger partial charge in [0.1, 0.15) is 6.61 Å². The number of rotatable bonds is 8. The lowest BCUT2D eigenvalue weighted by atomic mass is 9.92. The van der Waals surface area contributed by atoms with Gasteiger partial charge < -0.3 is 4.74 Å². The molecule has 1 heteroatoms. The smallest absolute Gasteiger partial charge is 0.108 e. The van der Waals surface area contributed by atoms with Crippen LogP contribution in [0.3, 0.4) is 0 Å². The minimum absolute atomic E-state index is 0.466. The standard InChI is InChI=1S/C23H24O/c1-4-5-17-24-18-19(2)15-16-20(3)22-13-9-10-14-23(22)21-11-7-6-8-12-21/h6-14H,2-3,15-18H2,1H3. The van der Waals surface area contributed by atoms with Crippen LogP contribution < -0.4 is 0 Å². The maximum Gasteiger partial charge on any atom is 0.108 e. The third-order valence-electron chi connectivity index (χ3n) is 3.83. The molecule has 0 aliphatic carbocycles. The predicted molar refractivity (Wildman–Crippen MR) is 104 cm³/mol. The Morgan fingerprint density at radius 3 is 2.42 bits per heavy atom. The molecule has 0 unspecified atom stereocenters. The van der Waals surface area contributed by atoms with Crippen LogP contribution in [-0.2, 0) is 4.74 Å². The van der Waals surface area contributed by atoms with Gasteiger partial charge in [-0.1, -0.05) is 79.2 Å². The molecule has 24 heavy (non-hydrogen) atoms. The van der Waals surface area contributed by atoms with Crippen molar-refractivity contribution in [2.75, 3.05) is 13.2 Å². The number of hydrogen-bond donors (Lipinski definition) is 0. The van der Waals surface area contributed by atoms with Gasteiger partial charge in [0.25, 0.3) is 0 Å². The first-order valence-electron chi connectivity index (χ1n) is 8.19. The summed E-state index contributed by atoms with van der Waals surface area (Å²) in [6.07, 6.45) is 1.76. The van der Waals surface area contributed by atoms with Gasteiger partial charge in [-0.05, 0) is 42.0 Å². The molecule has 0 radical (unpaired) electrons. The highest BCUT2D eigenvalue weighted by Crippen LogP contribution is 2.30. The lowest BCUT2D eigenvalue weighted by molar-refractivity contribution is 0.190. The third kappa shape index (κ3) is 5.26. The zero-order valence-electron chi connectivity index (χ0n) is 14.3. The van der Waals surface area contributed by atoms with Gasteiger partial charge in [0.2, 0.25) is 0 Å². The molecule has 0 bridgehead atoms. The summed E-state index contributed by atoms with van der Waals surface area (Å²) in [7, 11) is 0. The molecular formula is C23H24O. The molecule has 2 rings (SSSR count). The minimum Gasteiger partial charge on any atom is -0.364 e. The second kappa shape index (κ2) is 9.55. The quantitative estimate of drug-likeness (QED) is 0.342. The van der Waals surface area contributed by atoms with Crippen LogP contribution in [-0.4, -0.2) is 13.2 Å². The highest BCUT2D eigenvalue weighted by Gasteiger charge is 2.08. The Morgan fingerprint density at radius 1 is 0.958 bits per heavy atom. The van der Waals surface area contributed by atoms with Crippen LogP contribution in [0, 0.1) is 11.8 Å². The Morgan fingerprint density at radius 2 is 1.67 bits per heavy atom. The fraction of sp³-hybridized carbons (Fsp3) is 0.217. The van der Waals surface area contributed by atoms with Crippen LogP contribution >= 0.6 is 0 Å². The van der Waals surface area contributed by atoms with Crippen molar-refractivity contribution in [3.8, 4) is 23.0 Å². The molecule has 0 amide bonds. The molecule has 122 valence electrons. The van der Waals surface area contributed by atoms with Gasteiger partial charge in [-0.25, -0.2) is 0 Å². The first-order chi connectivity index (χ1) is 11.7. The van der Waals surface area contributed by atoms with Crippen molar-refractivity contribution in [3.05, 3.63) is 78.9 Å². The molecule has 0 N–H and O–H groups in total. The van der Waals surface area contributed by atoms with Gasteiger partial charge in [-0.15, -0.1) is 5.92 Å². The third-order valence-corrected chi connectivity index (χ3v) is 3.83. The highest BCUT2D eigenvalue weighted by molar-refractivity contribution is 5.80. The van der Waals surface area contributed by atoms with Crippen molar-refractivity contribution in [2.45, 2.75) is 19.8 Å². The van der Waals surface area contributed by atoms with E-state index in [1.807, 2.05) is 13.0 Å². The van der Waals surface area contributed by atoms with Gasteiger partial charge >= 0.3 is 0 Å². The number of ether oxygens (including phenoxy) is 1. The van der Waals surface area contributed by atoms with Gasteiger partial charge in [-0.2, -0.15) is 0 Å². The predicted octanol–water partition coefficient (Wildman–Crippen LogP) is 5.74. The van der Waals surface area contributed by atoms with Crippen molar-refractivity contribution in [2.24, 2.45) is 0 Å². The first kappa shape index (κ1) is 17.8. The summed E-state index contributed by atoms with van der Waals surface area (Å²) in [5.74, 6) is 5.71. The van der Waals surface area contributed by atoms with Crippen molar-refractivity contribution >= 4 is 5.57 Å². The molecule has 0 fully saturated rings. The summed E-state index contributed by atoms with van der Waals surface area (Å²) in [5, 5.41) is 0.